The van der Waals surface area contributed by atoms with E-state index in [9.17, 15) is 4.79 Å². The number of fused-ring (bicyclic) bond motifs is 1. The van der Waals surface area contributed by atoms with Crippen molar-refractivity contribution in [2.75, 3.05) is 4.90 Å². The number of anilines is 1. The number of amides is 1. The van der Waals surface area contributed by atoms with E-state index in [1.54, 1.807) is 0 Å². The predicted molar refractivity (Wildman–Crippen MR) is 102 cm³/mol. The van der Waals surface area contributed by atoms with Crippen LogP contribution in [0.4, 0.5) is 5.69 Å². The molecule has 1 heterocycles. The Kier molecular flexibility index (Phi) is 4.59. The first-order valence-corrected chi connectivity index (χ1v) is 8.95. The minimum Gasteiger partial charge on any atom is -0.481 e. The summed E-state index contributed by atoms with van der Waals surface area (Å²) in [6, 6.07) is 16.3. The Bertz CT molecular complexity index is 758. The molecule has 2 atom stereocenters. The molecule has 2 aromatic rings. The van der Waals surface area contributed by atoms with Crippen LogP contribution >= 0.6 is 0 Å². The Morgan fingerprint density at radius 2 is 1.76 bits per heavy atom. The molecule has 3 rings (SSSR count). The van der Waals surface area contributed by atoms with E-state index in [0.717, 1.165) is 17.9 Å². The molecule has 25 heavy (non-hydrogen) atoms. The molecule has 0 N–H and O–H groups in total. The van der Waals surface area contributed by atoms with Gasteiger partial charge in [0, 0.05) is 11.7 Å². The fourth-order valence-electron chi connectivity index (χ4n) is 3.39. The summed E-state index contributed by atoms with van der Waals surface area (Å²) >= 11 is 0. The maximum absolute atomic E-state index is 12.9. The Morgan fingerprint density at radius 1 is 1.12 bits per heavy atom. The number of benzene rings is 2. The SMILES string of the molecule is CC(Oc1ccc(C(C)(C)C)cc1)C(=O)N1c2ccccc2CC1C. The van der Waals surface area contributed by atoms with Crippen LogP contribution in [0.1, 0.15) is 45.7 Å². The van der Waals surface area contributed by atoms with Gasteiger partial charge < -0.3 is 9.64 Å². The molecular weight excluding hydrogens is 310 g/mol. The summed E-state index contributed by atoms with van der Waals surface area (Å²) in [4.78, 5) is 14.8. The molecule has 0 aliphatic carbocycles. The summed E-state index contributed by atoms with van der Waals surface area (Å²) in [5.41, 5.74) is 3.60. The van der Waals surface area contributed by atoms with Crippen LogP contribution in [0, 0.1) is 0 Å². The van der Waals surface area contributed by atoms with Gasteiger partial charge in [-0.3, -0.25) is 4.79 Å². The summed E-state index contributed by atoms with van der Waals surface area (Å²) in [6.45, 7) is 10.5. The van der Waals surface area contributed by atoms with Crippen molar-refractivity contribution in [1.82, 2.24) is 0 Å². The Hall–Kier alpha value is -2.29. The Morgan fingerprint density at radius 3 is 2.40 bits per heavy atom. The quantitative estimate of drug-likeness (QED) is 0.810. The molecule has 0 bridgehead atoms. The van der Waals surface area contributed by atoms with Crippen molar-refractivity contribution >= 4 is 11.6 Å². The zero-order valence-corrected chi connectivity index (χ0v) is 15.7. The molecule has 0 saturated heterocycles. The number of hydrogen-bond donors (Lipinski definition) is 0. The molecule has 0 fully saturated rings. The number of carbonyl (C=O) groups is 1. The molecule has 1 amide bonds. The molecule has 0 spiro atoms. The van der Waals surface area contributed by atoms with E-state index in [0.29, 0.717) is 0 Å². The first-order valence-electron chi connectivity index (χ1n) is 8.95. The minimum absolute atomic E-state index is 0.0114. The van der Waals surface area contributed by atoms with E-state index in [1.165, 1.54) is 11.1 Å². The number of rotatable bonds is 3. The first kappa shape index (κ1) is 17.5. The van der Waals surface area contributed by atoms with Crippen LogP contribution in [0.5, 0.6) is 5.75 Å². The van der Waals surface area contributed by atoms with Gasteiger partial charge in [-0.1, -0.05) is 51.1 Å². The van der Waals surface area contributed by atoms with Gasteiger partial charge >= 0.3 is 0 Å². The lowest BCUT2D eigenvalue weighted by molar-refractivity contribution is -0.124. The van der Waals surface area contributed by atoms with Crippen molar-refractivity contribution in [1.29, 1.82) is 0 Å². The molecule has 1 aliphatic heterocycles. The third kappa shape index (κ3) is 3.55. The van der Waals surface area contributed by atoms with Crippen LogP contribution in [0.2, 0.25) is 0 Å². The van der Waals surface area contributed by atoms with Gasteiger partial charge in [-0.25, -0.2) is 0 Å². The highest BCUT2D eigenvalue weighted by Gasteiger charge is 2.33. The van der Waals surface area contributed by atoms with Gasteiger partial charge in [0.05, 0.1) is 0 Å². The zero-order valence-electron chi connectivity index (χ0n) is 15.7. The molecule has 1 aliphatic rings. The van der Waals surface area contributed by atoms with Crippen molar-refractivity contribution in [3.05, 3.63) is 59.7 Å². The molecule has 0 saturated carbocycles. The van der Waals surface area contributed by atoms with Crippen molar-refractivity contribution in [2.24, 2.45) is 0 Å². The van der Waals surface area contributed by atoms with Gasteiger partial charge in [-0.2, -0.15) is 0 Å². The normalized spacial score (nSPS) is 18.0. The zero-order chi connectivity index (χ0) is 18.2. The highest BCUT2D eigenvalue weighted by Crippen LogP contribution is 2.33. The Balaban J connectivity index is 1.73. The summed E-state index contributed by atoms with van der Waals surface area (Å²) in [6.07, 6.45) is 0.378. The average molecular weight is 337 g/mol. The van der Waals surface area contributed by atoms with Gasteiger partial charge in [0.15, 0.2) is 6.10 Å². The first-order chi connectivity index (χ1) is 11.8. The summed E-state index contributed by atoms with van der Waals surface area (Å²) in [7, 11) is 0. The van der Waals surface area contributed by atoms with Gasteiger partial charge in [-0.05, 0) is 55.0 Å². The molecule has 3 heteroatoms. The van der Waals surface area contributed by atoms with Crippen LogP contribution in [-0.2, 0) is 16.6 Å². The smallest absolute Gasteiger partial charge is 0.268 e. The lowest BCUT2D eigenvalue weighted by atomic mass is 9.87. The highest BCUT2D eigenvalue weighted by atomic mass is 16.5. The number of nitrogens with zero attached hydrogens (tertiary/aromatic N) is 1. The maximum Gasteiger partial charge on any atom is 0.268 e. The number of carbonyl (C=O) groups excluding carboxylic acids is 1. The molecule has 0 aromatic heterocycles. The third-order valence-corrected chi connectivity index (χ3v) is 4.83. The molecular formula is C22H27NO2. The summed E-state index contributed by atoms with van der Waals surface area (Å²) in [5.74, 6) is 0.742. The van der Waals surface area contributed by atoms with Crippen molar-refractivity contribution in [3.8, 4) is 5.75 Å². The predicted octanol–water partition coefficient (Wildman–Crippen LogP) is 4.73. The van der Waals surface area contributed by atoms with E-state index in [4.69, 9.17) is 4.74 Å². The van der Waals surface area contributed by atoms with E-state index >= 15 is 0 Å². The second-order valence-corrected chi connectivity index (χ2v) is 7.92. The van der Waals surface area contributed by atoms with Gasteiger partial charge in [0.25, 0.3) is 5.91 Å². The number of hydrogen-bond acceptors (Lipinski definition) is 2. The van der Waals surface area contributed by atoms with Crippen LogP contribution in [0.3, 0.4) is 0 Å². The van der Waals surface area contributed by atoms with Crippen molar-refractivity contribution in [3.63, 3.8) is 0 Å². The molecule has 2 aromatic carbocycles. The molecule has 132 valence electrons. The van der Waals surface area contributed by atoms with E-state index in [2.05, 4.69) is 45.9 Å². The van der Waals surface area contributed by atoms with Crippen LogP contribution in [0.15, 0.2) is 48.5 Å². The van der Waals surface area contributed by atoms with Crippen LogP contribution in [-0.4, -0.2) is 18.1 Å². The monoisotopic (exact) mass is 337 g/mol. The van der Waals surface area contributed by atoms with Crippen molar-refractivity contribution < 1.29 is 9.53 Å². The topological polar surface area (TPSA) is 29.5 Å². The summed E-state index contributed by atoms with van der Waals surface area (Å²) < 4.78 is 5.93. The molecule has 2 unspecified atom stereocenters. The number of para-hydroxylation sites is 1. The minimum atomic E-state index is -0.519. The second-order valence-electron chi connectivity index (χ2n) is 7.92. The summed E-state index contributed by atoms with van der Waals surface area (Å²) in [5, 5.41) is 0. The lowest BCUT2D eigenvalue weighted by Gasteiger charge is -2.26. The highest BCUT2D eigenvalue weighted by molar-refractivity contribution is 5.99. The van der Waals surface area contributed by atoms with Crippen LogP contribution in [0.25, 0.3) is 0 Å². The third-order valence-electron chi connectivity index (χ3n) is 4.83. The maximum atomic E-state index is 12.9. The van der Waals surface area contributed by atoms with Gasteiger partial charge in [0.1, 0.15) is 5.75 Å². The second kappa shape index (κ2) is 6.55. The van der Waals surface area contributed by atoms with Gasteiger partial charge in [0.2, 0.25) is 0 Å². The standard InChI is InChI=1S/C22H27NO2/c1-15-14-17-8-6-7-9-20(17)23(15)21(24)16(2)25-19-12-10-18(11-13-19)22(3,4)5/h6-13,15-16H,14H2,1-5H3. The van der Waals surface area contributed by atoms with E-state index < -0.39 is 6.10 Å². The van der Waals surface area contributed by atoms with Crippen molar-refractivity contribution in [2.45, 2.75) is 58.6 Å². The lowest BCUT2D eigenvalue weighted by Crippen LogP contribution is -2.43. The fourth-order valence-corrected chi connectivity index (χ4v) is 3.39. The fraction of sp³-hybridized carbons (Fsp3) is 0.409. The largest absolute Gasteiger partial charge is 0.481 e. The van der Waals surface area contributed by atoms with E-state index in [-0.39, 0.29) is 17.4 Å². The molecule has 3 nitrogen and oxygen atoms in total. The average Bonchev–Trinajstić information content (AvgIpc) is 2.89. The van der Waals surface area contributed by atoms with Crippen LogP contribution < -0.4 is 9.64 Å². The molecule has 0 radical (unpaired) electrons. The Labute approximate surface area is 150 Å². The van der Waals surface area contributed by atoms with E-state index in [1.807, 2.05) is 42.2 Å². The number of ether oxygens (including phenoxy) is 1. The van der Waals surface area contributed by atoms with Gasteiger partial charge in [-0.15, -0.1) is 0 Å².